The first kappa shape index (κ1) is 19.6. The summed E-state index contributed by atoms with van der Waals surface area (Å²) in [6.07, 6.45) is 3.23. The van der Waals surface area contributed by atoms with Crippen molar-refractivity contribution < 1.29 is 10.0 Å². The second-order valence-electron chi connectivity index (χ2n) is 8.87. The van der Waals surface area contributed by atoms with E-state index in [-0.39, 0.29) is 11.6 Å². The summed E-state index contributed by atoms with van der Waals surface area (Å²) in [5.41, 5.74) is 2.43. The molecule has 0 radical (unpaired) electrons. The van der Waals surface area contributed by atoms with Crippen molar-refractivity contribution in [3.05, 3.63) is 50.9 Å². The number of piperazine rings is 1. The summed E-state index contributed by atoms with van der Waals surface area (Å²) in [4.78, 5) is 27.1. The summed E-state index contributed by atoms with van der Waals surface area (Å²) < 4.78 is 0. The third-order valence-electron chi connectivity index (χ3n) is 6.83. The van der Waals surface area contributed by atoms with Gasteiger partial charge in [0.1, 0.15) is 16.6 Å². The van der Waals surface area contributed by atoms with Crippen molar-refractivity contribution in [2.75, 3.05) is 31.1 Å². The topological polar surface area (TPSA) is 73.7 Å². The number of aromatic nitrogens is 2. The molecule has 158 valence electrons. The van der Waals surface area contributed by atoms with E-state index in [1.807, 2.05) is 12.1 Å². The molecule has 0 unspecified atom stereocenters. The number of hydrogen-bond acceptors (Lipinski definition) is 5. The van der Waals surface area contributed by atoms with Gasteiger partial charge in [0.25, 0.3) is 5.56 Å². The number of thiophene rings is 1. The molecule has 3 aromatic rings. The number of phenolic OH excluding ortho intramolecular Hbond substituents is 1. The molecule has 1 saturated heterocycles. The second-order valence-corrected chi connectivity index (χ2v) is 9.95. The first-order valence-electron chi connectivity index (χ1n) is 10.9. The lowest BCUT2D eigenvalue weighted by molar-refractivity contribution is -0.930. The predicted molar refractivity (Wildman–Crippen MR) is 121 cm³/mol. The number of aryl methyl sites for hydroxylation is 1. The Morgan fingerprint density at radius 3 is 2.73 bits per heavy atom. The van der Waals surface area contributed by atoms with Crippen LogP contribution in [0.15, 0.2) is 29.1 Å². The van der Waals surface area contributed by atoms with E-state index in [9.17, 15) is 9.90 Å². The Labute approximate surface area is 180 Å². The molecule has 2 aromatic heterocycles. The lowest BCUT2D eigenvalue weighted by atomic mass is 9.89. The number of rotatable bonds is 3. The molecular weight excluding hydrogens is 396 g/mol. The second kappa shape index (κ2) is 7.71. The first-order valence-corrected chi connectivity index (χ1v) is 11.7. The normalized spacial score (nSPS) is 21.0. The molecule has 6 nitrogen and oxygen atoms in total. The number of hydrogen-bond donors (Lipinski definition) is 3. The molecule has 3 heterocycles. The number of aromatic hydroxyl groups is 1. The van der Waals surface area contributed by atoms with Gasteiger partial charge in [-0.2, -0.15) is 0 Å². The van der Waals surface area contributed by atoms with Crippen LogP contribution in [0.3, 0.4) is 0 Å². The molecule has 3 N–H and O–H groups in total. The van der Waals surface area contributed by atoms with Crippen LogP contribution in [0.4, 0.5) is 5.69 Å². The smallest absolute Gasteiger partial charge is 0.260 e. The number of H-pyrrole nitrogens is 1. The van der Waals surface area contributed by atoms with Crippen LogP contribution in [0, 0.1) is 5.92 Å². The number of benzene rings is 1. The number of aromatic amines is 1. The van der Waals surface area contributed by atoms with Crippen molar-refractivity contribution in [1.82, 2.24) is 9.97 Å². The zero-order valence-corrected chi connectivity index (χ0v) is 18.4. The van der Waals surface area contributed by atoms with E-state index in [0.29, 0.717) is 11.7 Å². The number of fused-ring (bicyclic) bond motifs is 3. The molecule has 0 saturated carbocycles. The molecule has 1 fully saturated rings. The molecular formula is C23H29N4O2S+. The Morgan fingerprint density at radius 2 is 2.00 bits per heavy atom. The minimum absolute atomic E-state index is 0.0380. The zero-order valence-electron chi connectivity index (χ0n) is 17.6. The Balaban J connectivity index is 1.34. The lowest BCUT2D eigenvalue weighted by Crippen LogP contribution is -3.14. The Hall–Kier alpha value is -2.38. The monoisotopic (exact) mass is 425 g/mol. The lowest BCUT2D eigenvalue weighted by Gasteiger charge is -2.36. The standard InChI is InChI=1S/C23H28N4O2S/c1-14-3-8-18-19(13-14)30-23-20(18)22(29)24-21(25-23)15(2)26-9-11-27(12-10-26)16-4-6-17(28)7-5-16/h4-7,14-15,28H,3,8-13H2,1-2H3,(H,24,25,29)/p+1/t14-,15-/m1/s1. The predicted octanol–water partition coefficient (Wildman–Crippen LogP) is 2.28. The van der Waals surface area contributed by atoms with E-state index < -0.39 is 0 Å². The van der Waals surface area contributed by atoms with Gasteiger partial charge in [0.05, 0.1) is 31.6 Å². The molecule has 0 bridgehead atoms. The molecule has 1 aliphatic heterocycles. The fraction of sp³-hybridized carbons (Fsp3) is 0.478. The molecule has 1 aliphatic carbocycles. The largest absolute Gasteiger partial charge is 0.508 e. The van der Waals surface area contributed by atoms with E-state index >= 15 is 0 Å². The van der Waals surface area contributed by atoms with Gasteiger partial charge in [0.2, 0.25) is 0 Å². The fourth-order valence-corrected chi connectivity index (χ4v) is 6.30. The Bertz CT molecular complexity index is 1110. The molecule has 2 aliphatic rings. The van der Waals surface area contributed by atoms with Gasteiger partial charge in [-0.3, -0.25) is 4.79 Å². The molecule has 0 amide bonds. The maximum atomic E-state index is 12.9. The highest BCUT2D eigenvalue weighted by molar-refractivity contribution is 7.18. The highest BCUT2D eigenvalue weighted by atomic mass is 32.1. The van der Waals surface area contributed by atoms with Crippen LogP contribution in [0.2, 0.25) is 0 Å². The van der Waals surface area contributed by atoms with Crippen molar-refractivity contribution >= 4 is 27.2 Å². The van der Waals surface area contributed by atoms with E-state index in [1.165, 1.54) is 15.3 Å². The van der Waals surface area contributed by atoms with Crippen LogP contribution in [0.1, 0.15) is 42.6 Å². The van der Waals surface area contributed by atoms with Crippen LogP contribution in [0.5, 0.6) is 5.75 Å². The maximum absolute atomic E-state index is 12.9. The molecule has 2 atom stereocenters. The minimum atomic E-state index is 0.0380. The Kier molecular flexibility index (Phi) is 5.03. The van der Waals surface area contributed by atoms with Crippen LogP contribution < -0.4 is 15.4 Å². The van der Waals surface area contributed by atoms with Crippen molar-refractivity contribution in [2.24, 2.45) is 5.92 Å². The van der Waals surface area contributed by atoms with Crippen LogP contribution >= 0.6 is 11.3 Å². The van der Waals surface area contributed by atoms with Gasteiger partial charge in [0.15, 0.2) is 5.82 Å². The average Bonchev–Trinajstić information content (AvgIpc) is 3.11. The summed E-state index contributed by atoms with van der Waals surface area (Å²) in [5.74, 6) is 1.80. The van der Waals surface area contributed by atoms with E-state index in [4.69, 9.17) is 4.98 Å². The molecule has 30 heavy (non-hydrogen) atoms. The van der Waals surface area contributed by atoms with Gasteiger partial charge in [-0.1, -0.05) is 6.92 Å². The summed E-state index contributed by atoms with van der Waals surface area (Å²) in [7, 11) is 0. The first-order chi connectivity index (χ1) is 14.5. The van der Waals surface area contributed by atoms with Crippen molar-refractivity contribution in [1.29, 1.82) is 0 Å². The quantitative estimate of drug-likeness (QED) is 0.602. The van der Waals surface area contributed by atoms with Gasteiger partial charge < -0.3 is 19.9 Å². The van der Waals surface area contributed by atoms with Crippen LogP contribution in [-0.4, -0.2) is 41.3 Å². The van der Waals surface area contributed by atoms with Crippen LogP contribution in [-0.2, 0) is 12.8 Å². The number of anilines is 1. The van der Waals surface area contributed by atoms with Crippen molar-refractivity contribution in [3.63, 3.8) is 0 Å². The average molecular weight is 426 g/mol. The molecule has 7 heteroatoms. The highest BCUT2D eigenvalue weighted by Crippen LogP contribution is 2.35. The minimum Gasteiger partial charge on any atom is -0.508 e. The van der Waals surface area contributed by atoms with Gasteiger partial charge >= 0.3 is 0 Å². The number of nitrogens with zero attached hydrogens (tertiary/aromatic N) is 2. The third kappa shape index (κ3) is 3.50. The number of quaternary nitrogens is 1. The third-order valence-corrected chi connectivity index (χ3v) is 7.98. The van der Waals surface area contributed by atoms with Gasteiger partial charge in [-0.05, 0) is 61.9 Å². The summed E-state index contributed by atoms with van der Waals surface area (Å²) in [6.45, 7) is 8.33. The van der Waals surface area contributed by atoms with Gasteiger partial charge in [-0.15, -0.1) is 11.3 Å². The summed E-state index contributed by atoms with van der Waals surface area (Å²) in [5, 5.41) is 10.3. The van der Waals surface area contributed by atoms with E-state index in [0.717, 1.165) is 67.2 Å². The molecule has 1 aromatic carbocycles. The van der Waals surface area contributed by atoms with E-state index in [1.54, 1.807) is 23.5 Å². The van der Waals surface area contributed by atoms with Gasteiger partial charge in [-0.25, -0.2) is 4.98 Å². The fourth-order valence-electron chi connectivity index (χ4n) is 4.91. The van der Waals surface area contributed by atoms with E-state index in [2.05, 4.69) is 23.7 Å². The number of nitrogens with one attached hydrogen (secondary N) is 2. The summed E-state index contributed by atoms with van der Waals surface area (Å²) >= 11 is 1.73. The Morgan fingerprint density at radius 1 is 1.27 bits per heavy atom. The highest BCUT2D eigenvalue weighted by Gasteiger charge is 2.29. The van der Waals surface area contributed by atoms with Crippen molar-refractivity contribution in [3.8, 4) is 5.75 Å². The molecule has 5 rings (SSSR count). The SMILES string of the molecule is C[C@@H]1CCc2c(sc3nc([C@@H](C)[NH+]4CCN(c5ccc(O)cc5)CC4)[nH]c(=O)c23)C1. The maximum Gasteiger partial charge on any atom is 0.260 e. The zero-order chi connectivity index (χ0) is 20.8. The number of phenols is 1. The van der Waals surface area contributed by atoms with Gasteiger partial charge in [0, 0.05) is 10.6 Å². The van der Waals surface area contributed by atoms with Crippen LogP contribution in [0.25, 0.3) is 10.2 Å². The summed E-state index contributed by atoms with van der Waals surface area (Å²) in [6, 6.07) is 7.57. The molecule has 0 spiro atoms. The van der Waals surface area contributed by atoms with Crippen molar-refractivity contribution in [2.45, 2.75) is 39.2 Å².